The van der Waals surface area contributed by atoms with Gasteiger partial charge in [0.05, 0.1) is 0 Å². The molecule has 0 saturated carbocycles. The summed E-state index contributed by atoms with van der Waals surface area (Å²) in [7, 11) is 0. The Hall–Kier alpha value is -3.70. The lowest BCUT2D eigenvalue weighted by atomic mass is 10.2. The first-order valence-electron chi connectivity index (χ1n) is 9.30. The second-order valence-electron chi connectivity index (χ2n) is 7.07. The maximum absolute atomic E-state index is 14.4. The van der Waals surface area contributed by atoms with E-state index in [0.29, 0.717) is 18.4 Å². The molecule has 7 nitrogen and oxygen atoms in total. The van der Waals surface area contributed by atoms with E-state index in [1.54, 1.807) is 0 Å². The summed E-state index contributed by atoms with van der Waals surface area (Å²) in [6.45, 7) is 2.03. The van der Waals surface area contributed by atoms with Crippen LogP contribution >= 0.6 is 0 Å². The minimum atomic E-state index is -4.74. The first kappa shape index (κ1) is 21.5. The number of nitrogens with one attached hydrogen (secondary N) is 1. The maximum atomic E-state index is 14.4. The van der Waals surface area contributed by atoms with E-state index < -0.39 is 40.7 Å². The van der Waals surface area contributed by atoms with Crippen molar-refractivity contribution in [1.82, 2.24) is 14.5 Å². The van der Waals surface area contributed by atoms with E-state index in [-0.39, 0.29) is 24.1 Å². The Morgan fingerprint density at radius 2 is 1.91 bits per heavy atom. The Morgan fingerprint density at radius 3 is 2.59 bits per heavy atom. The average molecular weight is 454 g/mol. The van der Waals surface area contributed by atoms with Crippen molar-refractivity contribution in [1.29, 1.82) is 0 Å². The molecule has 0 saturated heterocycles. The molecular weight excluding hydrogens is 439 g/mol. The third-order valence-corrected chi connectivity index (χ3v) is 4.52. The van der Waals surface area contributed by atoms with Gasteiger partial charge in [-0.25, -0.2) is 13.6 Å². The maximum Gasteiger partial charge on any atom is 0.433 e. The molecule has 4 rings (SSSR count). The fourth-order valence-electron chi connectivity index (χ4n) is 3.12. The van der Waals surface area contributed by atoms with Crippen molar-refractivity contribution in [3.8, 4) is 17.4 Å². The van der Waals surface area contributed by atoms with Gasteiger partial charge in [-0.1, -0.05) is 0 Å². The SMILES string of the molecule is C[C@H]1Cn2c(cc(OCc3cc(F)c(Oc4ccnc(C(F)(F)F)c4)c(F)c3)nc2=O)N1. The lowest BCUT2D eigenvalue weighted by molar-refractivity contribution is -0.141. The molecule has 3 heterocycles. The smallest absolute Gasteiger partial charge is 0.433 e. The van der Waals surface area contributed by atoms with Crippen molar-refractivity contribution >= 4 is 5.82 Å². The molecule has 0 aliphatic carbocycles. The molecule has 1 N–H and O–H groups in total. The minimum absolute atomic E-state index is 0.0274. The zero-order valence-electron chi connectivity index (χ0n) is 16.4. The molecule has 0 unspecified atom stereocenters. The summed E-state index contributed by atoms with van der Waals surface area (Å²) in [5.41, 5.74) is -1.73. The predicted molar refractivity (Wildman–Crippen MR) is 102 cm³/mol. The topological polar surface area (TPSA) is 78.3 Å². The van der Waals surface area contributed by atoms with Crippen LogP contribution in [0.15, 0.2) is 41.3 Å². The Bertz CT molecular complexity index is 1210. The number of halogens is 5. The highest BCUT2D eigenvalue weighted by Gasteiger charge is 2.33. The number of nitrogens with zero attached hydrogens (tertiary/aromatic N) is 3. The van der Waals surface area contributed by atoms with E-state index >= 15 is 0 Å². The fourth-order valence-corrected chi connectivity index (χ4v) is 3.12. The van der Waals surface area contributed by atoms with Crippen LogP contribution in [0.2, 0.25) is 0 Å². The van der Waals surface area contributed by atoms with Crippen LogP contribution < -0.4 is 20.5 Å². The minimum Gasteiger partial charge on any atom is -0.473 e. The van der Waals surface area contributed by atoms with E-state index in [0.717, 1.165) is 24.4 Å². The first-order chi connectivity index (χ1) is 15.1. The van der Waals surface area contributed by atoms with E-state index in [9.17, 15) is 26.7 Å². The first-order valence-corrected chi connectivity index (χ1v) is 9.30. The number of hydrogen-bond acceptors (Lipinski definition) is 6. The summed E-state index contributed by atoms with van der Waals surface area (Å²) in [6.07, 6.45) is -3.92. The van der Waals surface area contributed by atoms with Crippen LogP contribution in [0.25, 0.3) is 0 Å². The molecule has 32 heavy (non-hydrogen) atoms. The molecule has 1 aliphatic rings. The number of alkyl halides is 3. The fraction of sp³-hybridized carbons (Fsp3) is 0.250. The van der Waals surface area contributed by atoms with Crippen LogP contribution in [0.4, 0.5) is 27.8 Å². The number of aromatic nitrogens is 3. The summed E-state index contributed by atoms with van der Waals surface area (Å²) < 4.78 is 78.9. The van der Waals surface area contributed by atoms with Gasteiger partial charge in [0, 0.05) is 30.9 Å². The lowest BCUT2D eigenvalue weighted by Crippen LogP contribution is -2.22. The van der Waals surface area contributed by atoms with E-state index in [1.165, 1.54) is 10.6 Å². The number of ether oxygens (including phenoxy) is 2. The zero-order valence-corrected chi connectivity index (χ0v) is 16.4. The Morgan fingerprint density at radius 1 is 1.19 bits per heavy atom. The summed E-state index contributed by atoms with van der Waals surface area (Å²) in [5.74, 6) is -3.11. The number of fused-ring (bicyclic) bond motifs is 1. The third-order valence-electron chi connectivity index (χ3n) is 4.52. The summed E-state index contributed by atoms with van der Waals surface area (Å²) in [6, 6.07) is 4.93. The van der Waals surface area contributed by atoms with E-state index in [4.69, 9.17) is 9.47 Å². The van der Waals surface area contributed by atoms with Gasteiger partial charge < -0.3 is 14.8 Å². The van der Waals surface area contributed by atoms with E-state index in [2.05, 4.69) is 15.3 Å². The Balaban J connectivity index is 1.50. The summed E-state index contributed by atoms with van der Waals surface area (Å²) in [5, 5.41) is 3.07. The molecule has 0 fully saturated rings. The van der Waals surface area contributed by atoms with Crippen LogP contribution in [-0.2, 0) is 19.3 Å². The predicted octanol–water partition coefficient (Wildman–Crippen LogP) is 4.12. The highest BCUT2D eigenvalue weighted by molar-refractivity contribution is 5.43. The van der Waals surface area contributed by atoms with Gasteiger partial charge >= 0.3 is 11.9 Å². The van der Waals surface area contributed by atoms with Gasteiger partial charge in [0.25, 0.3) is 0 Å². The van der Waals surface area contributed by atoms with Crippen LogP contribution in [0.1, 0.15) is 18.2 Å². The molecule has 2 aromatic heterocycles. The molecule has 1 aromatic carbocycles. The molecule has 1 atom stereocenters. The number of rotatable bonds is 5. The number of hydrogen-bond donors (Lipinski definition) is 1. The monoisotopic (exact) mass is 454 g/mol. The number of benzene rings is 1. The van der Waals surface area contributed by atoms with Gasteiger partial charge in [0.15, 0.2) is 17.4 Å². The van der Waals surface area contributed by atoms with Gasteiger partial charge in [-0.15, -0.1) is 0 Å². The molecule has 168 valence electrons. The largest absolute Gasteiger partial charge is 0.473 e. The van der Waals surface area contributed by atoms with Crippen molar-refractivity contribution < 1.29 is 31.4 Å². The van der Waals surface area contributed by atoms with Crippen molar-refractivity contribution in [2.45, 2.75) is 32.3 Å². The van der Waals surface area contributed by atoms with Crippen molar-refractivity contribution in [2.75, 3.05) is 5.32 Å². The number of anilines is 1. The Labute approximate surface area is 177 Å². The zero-order chi connectivity index (χ0) is 23.0. The standard InChI is InChI=1S/C20H15F5N4O3/c1-10-8-29-16(27-10)7-17(28-19(29)30)31-9-11-4-13(21)18(14(22)5-11)32-12-2-3-26-15(6-12)20(23,24)25/h2-7,10,27H,8-9H2,1H3/t10-/m0/s1. The molecule has 1 aliphatic heterocycles. The molecule has 0 radical (unpaired) electrons. The second-order valence-corrected chi connectivity index (χ2v) is 7.07. The highest BCUT2D eigenvalue weighted by Crippen LogP contribution is 2.33. The van der Waals surface area contributed by atoms with Gasteiger partial charge in [-0.05, 0) is 30.7 Å². The molecule has 12 heteroatoms. The average Bonchev–Trinajstić information content (AvgIpc) is 3.10. The molecule has 0 spiro atoms. The van der Waals surface area contributed by atoms with Gasteiger partial charge in [-0.2, -0.15) is 18.2 Å². The lowest BCUT2D eigenvalue weighted by Gasteiger charge is -2.12. The molecular formula is C20H15F5N4O3. The third kappa shape index (κ3) is 4.48. The van der Waals surface area contributed by atoms with Gasteiger partial charge in [0.1, 0.15) is 23.9 Å². The second kappa shape index (κ2) is 8.09. The molecule has 0 amide bonds. The Kier molecular flexibility index (Phi) is 5.45. The number of pyridine rings is 1. The summed E-state index contributed by atoms with van der Waals surface area (Å²) >= 11 is 0. The van der Waals surface area contributed by atoms with Gasteiger partial charge in [0.2, 0.25) is 5.88 Å². The van der Waals surface area contributed by atoms with Crippen molar-refractivity contribution in [2.24, 2.45) is 0 Å². The van der Waals surface area contributed by atoms with Crippen LogP contribution in [0.3, 0.4) is 0 Å². The van der Waals surface area contributed by atoms with Crippen molar-refractivity contribution in [3.63, 3.8) is 0 Å². The highest BCUT2D eigenvalue weighted by atomic mass is 19.4. The normalized spacial score (nSPS) is 15.2. The summed E-state index contributed by atoms with van der Waals surface area (Å²) in [4.78, 5) is 19.0. The van der Waals surface area contributed by atoms with Crippen LogP contribution in [0.5, 0.6) is 17.4 Å². The van der Waals surface area contributed by atoms with Crippen LogP contribution in [-0.4, -0.2) is 20.6 Å². The van der Waals surface area contributed by atoms with Crippen molar-refractivity contribution in [3.05, 3.63) is 69.9 Å². The van der Waals surface area contributed by atoms with E-state index in [1.807, 2.05) is 6.92 Å². The van der Waals surface area contributed by atoms with Gasteiger partial charge in [-0.3, -0.25) is 9.55 Å². The molecule has 3 aromatic rings. The quantitative estimate of drug-likeness (QED) is 0.585. The molecule has 0 bridgehead atoms. The van der Waals surface area contributed by atoms with Crippen LogP contribution in [0, 0.1) is 11.6 Å².